The molecule has 14 N–H and O–H groups in total. The molecule has 0 aliphatic carbocycles. The van der Waals surface area contributed by atoms with Crippen molar-refractivity contribution in [3.8, 4) is 5.75 Å². The Bertz CT molecular complexity index is 4610. The lowest BCUT2D eigenvalue weighted by molar-refractivity contribution is -0.193. The van der Waals surface area contributed by atoms with Crippen molar-refractivity contribution in [2.24, 2.45) is 7.05 Å². The number of likely N-dealkylation sites (N-methyl/N-ethyl adjacent to an activating group) is 4. The Morgan fingerprint density at radius 1 is 0.514 bits per heavy atom. The molecular weight excluding hydrogens is 1880 g/mol. The van der Waals surface area contributed by atoms with Crippen molar-refractivity contribution >= 4 is 104 Å². The van der Waals surface area contributed by atoms with Crippen LogP contribution in [0.4, 0.5) is 5.95 Å². The van der Waals surface area contributed by atoms with Crippen LogP contribution in [0.3, 0.4) is 0 Å². The second-order valence-corrected chi connectivity index (χ2v) is 35.1. The molecule has 142 heavy (non-hydrogen) atoms. The molecule has 0 saturated carbocycles. The number of carbonyl (C=O) groups is 11. The fourth-order valence-corrected chi connectivity index (χ4v) is 16.1. The summed E-state index contributed by atoms with van der Waals surface area (Å²) in [6, 6.07) is 4.71. The minimum Gasteiger partial charge on any atom is -0.494 e. The van der Waals surface area contributed by atoms with Crippen LogP contribution in [0, 0.1) is 13.8 Å². The summed E-state index contributed by atoms with van der Waals surface area (Å²) in [5, 5.41) is 53.9. The molecule has 4 heterocycles. The molecule has 3 atom stereocenters. The van der Waals surface area contributed by atoms with E-state index in [-0.39, 0.29) is 134 Å². The molecule has 0 radical (unpaired) electrons. The van der Waals surface area contributed by atoms with Gasteiger partial charge in [-0.05, 0) is 134 Å². The third-order valence-corrected chi connectivity index (χ3v) is 24.1. The lowest BCUT2D eigenvalue weighted by Gasteiger charge is -2.32. The molecule has 2 aromatic heterocycles. The number of carboxylic acids is 3. The van der Waals surface area contributed by atoms with Gasteiger partial charge in [0.1, 0.15) is 29.4 Å². The summed E-state index contributed by atoms with van der Waals surface area (Å²) in [5.74, 6) is -5.02. The van der Waals surface area contributed by atoms with Crippen molar-refractivity contribution in [2.45, 2.75) is 135 Å². The van der Waals surface area contributed by atoms with Gasteiger partial charge < -0.3 is 121 Å². The minimum atomic E-state index is -4.39. The summed E-state index contributed by atoms with van der Waals surface area (Å²) in [7, 11) is 6.05. The van der Waals surface area contributed by atoms with Crippen LogP contribution >= 0.6 is 0 Å². The maximum Gasteiger partial charge on any atom is 0.373 e. The van der Waals surface area contributed by atoms with Crippen molar-refractivity contribution in [3.63, 3.8) is 0 Å². The van der Waals surface area contributed by atoms with Gasteiger partial charge in [0.25, 0.3) is 5.91 Å². The highest BCUT2D eigenvalue weighted by Crippen LogP contribution is 2.27. The Labute approximate surface area is 831 Å². The predicted octanol–water partition coefficient (Wildman–Crippen LogP) is -1.79. The van der Waals surface area contributed by atoms with Crippen LogP contribution in [-0.4, -0.2) is 445 Å². The standard InChI is InChI=1S/C34H43N7O9S.C31H61N7O8.C26H51N7O6.2CO2/c1-21-15-24(50-14-5-7-29(42)35-10-6-13-49-4)16-22(2)31(21)51(47,48)40-27(33(45)46)19-38-32(44)26-20-41(3)28-17-23(8-9-25(28)30(26)43)18-39-34-36-11-12-37-34;1-5-20-45-23-24-46-21-7-10-33-31(43)27(8-9-28(39)32-11-22-44-4)34-29(40)25-37-17-16-36(6-2)14-12-35(3)13-15-38(19-18-37)26-30(41)42;1-5-31-13-11-30(4)12-14-33(21-25(36)37)18-17-32(16-15-31)20-24(35)29-22(8-9-23(34)27-3)26(38)28-10-7-19-39-6-2;2*2-1-3/h8-9,11-12,15-17,20,27,40H,5-7,10,13-14,18-19H2,1-4H3,(H,35,42)(H,38,44)(H,45,46)(H2,36,37,39);27H,5-26H2,1-4H3,(H,32,39)(H,33,43)(H,34,40)(H,41,42);22H,5-21H2,1-4H3,(H,27,34)(H,28,38)(H,29,35)(H,36,37);;/t;27-;22-;;/m.11../s1. The van der Waals surface area contributed by atoms with Crippen LogP contribution < -0.4 is 62.7 Å². The Kier molecular flexibility index (Phi) is 67.5. The van der Waals surface area contributed by atoms with Crippen LogP contribution in [-0.2, 0) is 114 Å². The van der Waals surface area contributed by atoms with Gasteiger partial charge in [-0.1, -0.05) is 26.8 Å². The molecule has 2 saturated heterocycles. The molecular formula is C93H155N21O27S. The van der Waals surface area contributed by atoms with E-state index in [1.807, 2.05) is 47.5 Å². The number of carbonyl (C=O) groups excluding carboxylic acids is 12. The Morgan fingerprint density at radius 2 is 0.972 bits per heavy atom. The summed E-state index contributed by atoms with van der Waals surface area (Å²) in [6.07, 6.45) is 9.28. The highest BCUT2D eigenvalue weighted by atomic mass is 32.2. The molecule has 49 heteroatoms. The highest BCUT2D eigenvalue weighted by molar-refractivity contribution is 7.89. The van der Waals surface area contributed by atoms with Gasteiger partial charge in [0.2, 0.25) is 56.8 Å². The van der Waals surface area contributed by atoms with Crippen LogP contribution in [0.1, 0.15) is 119 Å². The minimum absolute atomic E-state index is 0.0517. The largest absolute Gasteiger partial charge is 0.494 e. The number of aryl methyl sites for hydroxylation is 3. The fraction of sp³-hybridized carbons (Fsp3) is 0.667. The molecule has 4 aromatic rings. The van der Waals surface area contributed by atoms with Gasteiger partial charge in [-0.3, -0.25) is 77.1 Å². The number of nitrogens with zero attached hydrogens (tertiary/aromatic N) is 10. The van der Waals surface area contributed by atoms with E-state index in [4.69, 9.17) is 47.6 Å². The zero-order valence-corrected chi connectivity index (χ0v) is 85.4. The number of anilines is 1. The molecule has 2 fully saturated rings. The fourth-order valence-electron chi connectivity index (χ4n) is 14.5. The quantitative estimate of drug-likeness (QED) is 0.0217. The summed E-state index contributed by atoms with van der Waals surface area (Å²) in [5.41, 5.74) is 1.26. The number of nitrogens with one attached hydrogen (secondary N) is 11. The number of pyridine rings is 1. The lowest BCUT2D eigenvalue weighted by atomic mass is 10.1. The van der Waals surface area contributed by atoms with Gasteiger partial charge in [-0.25, -0.2) is 13.4 Å². The van der Waals surface area contributed by atoms with Gasteiger partial charge in [0.05, 0.1) is 63.0 Å². The number of sulfonamides is 1. The summed E-state index contributed by atoms with van der Waals surface area (Å²) in [4.78, 5) is 206. The van der Waals surface area contributed by atoms with Gasteiger partial charge in [0.15, 0.2) is 5.95 Å². The first kappa shape index (κ1) is 127. The van der Waals surface area contributed by atoms with E-state index in [0.29, 0.717) is 192 Å². The molecule has 0 spiro atoms. The van der Waals surface area contributed by atoms with Crippen molar-refractivity contribution in [1.82, 2.24) is 101 Å². The first-order chi connectivity index (χ1) is 68.0. The number of imidazole rings is 1. The molecule has 48 nitrogen and oxygen atoms in total. The molecule has 1 unspecified atom stereocenters. The number of H-pyrrole nitrogens is 1. The summed E-state index contributed by atoms with van der Waals surface area (Å²) in [6.45, 7) is 30.1. The third-order valence-electron chi connectivity index (χ3n) is 22.3. The molecule has 800 valence electrons. The Balaban J connectivity index is 0.000000705. The van der Waals surface area contributed by atoms with E-state index in [1.165, 1.54) is 25.4 Å². The third kappa shape index (κ3) is 56.0. The molecule has 8 amide bonds. The number of hydrogen-bond acceptors (Lipinski definition) is 34. The summed E-state index contributed by atoms with van der Waals surface area (Å²) < 4.78 is 62.5. The van der Waals surface area contributed by atoms with E-state index in [9.17, 15) is 81.3 Å². The topological polar surface area (TPSA) is 603 Å². The van der Waals surface area contributed by atoms with Gasteiger partial charge in [-0.2, -0.15) is 23.9 Å². The van der Waals surface area contributed by atoms with Crippen LogP contribution in [0.15, 0.2) is 58.6 Å². The number of benzene rings is 2. The van der Waals surface area contributed by atoms with Crippen LogP contribution in [0.5, 0.6) is 5.75 Å². The van der Waals surface area contributed by atoms with Crippen LogP contribution in [0.25, 0.3) is 10.9 Å². The maximum absolute atomic E-state index is 13.4. The maximum atomic E-state index is 13.4. The molecule has 2 aliphatic rings. The average Bonchev–Trinajstić information content (AvgIpc) is 0.890. The van der Waals surface area contributed by atoms with E-state index < -0.39 is 63.9 Å². The number of aromatic amines is 1. The monoisotopic (exact) mass is 2030 g/mol. The van der Waals surface area contributed by atoms with Crippen molar-refractivity contribution in [3.05, 3.63) is 81.4 Å². The number of carboxylic acid groups (broad SMARTS) is 3. The lowest BCUT2D eigenvalue weighted by Crippen LogP contribution is -2.52. The number of hydrogen-bond donors (Lipinski definition) is 14. The molecule has 2 aromatic carbocycles. The first-order valence-corrected chi connectivity index (χ1v) is 49.3. The molecule has 0 bridgehead atoms. The highest BCUT2D eigenvalue weighted by Gasteiger charge is 2.32. The molecule has 2 aliphatic heterocycles. The Hall–Kier alpha value is -11.2. The number of aliphatic carboxylic acids is 3. The average molecular weight is 2030 g/mol. The summed E-state index contributed by atoms with van der Waals surface area (Å²) >= 11 is 0. The Morgan fingerprint density at radius 3 is 1.44 bits per heavy atom. The number of aromatic nitrogens is 3. The van der Waals surface area contributed by atoms with Gasteiger partial charge in [0, 0.05) is 249 Å². The number of rotatable bonds is 56. The predicted molar refractivity (Wildman–Crippen MR) is 525 cm³/mol. The zero-order valence-electron chi connectivity index (χ0n) is 84.6. The smallest absolute Gasteiger partial charge is 0.373 e. The zero-order chi connectivity index (χ0) is 106. The first-order valence-electron chi connectivity index (χ1n) is 47.8. The van der Waals surface area contributed by atoms with Gasteiger partial charge >= 0.3 is 30.2 Å². The second-order valence-electron chi connectivity index (χ2n) is 33.5. The number of methoxy groups -OCH3 is 2. The SMILES string of the molecule is CCCOCCOCCCNC(=O)[C@@H](CCC(=O)NCCOC)NC(=O)CN1CCN(CC)CCN(C)CCN(CC(=O)O)CC1.CCOCCCNC(=O)[C@@H](CCC(=O)NC)NC(=O)CN1CCN(CC)CCN(C)CCN(CC(=O)O)CC1.COCCCNC(=O)CCCOc1cc(C)c(S(=O)(=O)NC(CNC(=O)c2cn(C)c3cc(CNc4ncc[nH]4)ccc3c2=O)C(=O)O)c(C)c1.O=C=O.O=C=O. The number of fused-ring (bicyclic) bond motifs is 1. The van der Waals surface area contributed by atoms with E-state index >= 15 is 0 Å². The van der Waals surface area contributed by atoms with E-state index in [0.717, 1.165) is 77.4 Å². The van der Waals surface area contributed by atoms with Crippen LogP contribution in [0.2, 0.25) is 0 Å². The van der Waals surface area contributed by atoms with Crippen molar-refractivity contribution < 1.29 is 124 Å². The molecule has 6 rings (SSSR count). The number of ether oxygens (including phenoxy) is 6. The van der Waals surface area contributed by atoms with E-state index in [2.05, 4.69) is 96.0 Å². The normalized spacial score (nSPS) is 14.9. The second kappa shape index (κ2) is 75.6. The number of amides is 8. The van der Waals surface area contributed by atoms with Crippen molar-refractivity contribution in [1.29, 1.82) is 0 Å². The van der Waals surface area contributed by atoms with Crippen molar-refractivity contribution in [2.75, 3.05) is 277 Å². The van der Waals surface area contributed by atoms with E-state index in [1.54, 1.807) is 70.3 Å². The van der Waals surface area contributed by atoms with Gasteiger partial charge in [-0.15, -0.1) is 0 Å².